The minimum Gasteiger partial charge on any atom is -0.367 e. The number of anilines is 2. The van der Waals surface area contributed by atoms with Gasteiger partial charge in [0.2, 0.25) is 0 Å². The standard InChI is InChI=1S/C9H16N4S/c1-7(6-14-2)11-8-4-3-5-9(12-8)13-10/h3-5,7H,6,10H2,1-2H3,(H2,11,12,13). The van der Waals surface area contributed by atoms with Gasteiger partial charge in [0.1, 0.15) is 11.6 Å². The summed E-state index contributed by atoms with van der Waals surface area (Å²) in [6.45, 7) is 2.13. The number of pyridine rings is 1. The molecule has 1 aromatic rings. The Balaban J connectivity index is 2.57. The first-order valence-electron chi connectivity index (χ1n) is 4.45. The number of thioether (sulfide) groups is 1. The number of nitrogens with one attached hydrogen (secondary N) is 2. The highest BCUT2D eigenvalue weighted by molar-refractivity contribution is 7.98. The van der Waals surface area contributed by atoms with Gasteiger partial charge in [-0.1, -0.05) is 6.07 Å². The molecule has 1 atom stereocenters. The molecule has 0 aromatic carbocycles. The molecule has 0 spiro atoms. The summed E-state index contributed by atoms with van der Waals surface area (Å²) < 4.78 is 0. The number of hydrogen-bond acceptors (Lipinski definition) is 5. The second-order valence-corrected chi connectivity index (χ2v) is 3.96. The smallest absolute Gasteiger partial charge is 0.142 e. The number of nitrogens with two attached hydrogens (primary N) is 1. The Morgan fingerprint density at radius 3 is 2.86 bits per heavy atom. The molecule has 0 fully saturated rings. The van der Waals surface area contributed by atoms with Gasteiger partial charge in [-0.25, -0.2) is 10.8 Å². The van der Waals surface area contributed by atoms with Crippen molar-refractivity contribution in [3.8, 4) is 0 Å². The molecule has 0 saturated heterocycles. The van der Waals surface area contributed by atoms with Crippen LogP contribution in [0.25, 0.3) is 0 Å². The molecule has 0 aliphatic heterocycles. The third-order valence-corrected chi connectivity index (χ3v) is 2.54. The Bertz CT molecular complexity index is 279. The summed E-state index contributed by atoms with van der Waals surface area (Å²) >= 11 is 1.81. The average Bonchev–Trinajstić information content (AvgIpc) is 2.18. The number of aromatic nitrogens is 1. The van der Waals surface area contributed by atoms with E-state index in [0.717, 1.165) is 11.6 Å². The third-order valence-electron chi connectivity index (χ3n) is 1.71. The predicted octanol–water partition coefficient (Wildman–Crippen LogP) is 1.53. The van der Waals surface area contributed by atoms with Gasteiger partial charge in [-0.15, -0.1) is 0 Å². The van der Waals surface area contributed by atoms with E-state index >= 15 is 0 Å². The van der Waals surface area contributed by atoms with Gasteiger partial charge in [0.25, 0.3) is 0 Å². The zero-order valence-electron chi connectivity index (χ0n) is 8.45. The van der Waals surface area contributed by atoms with Crippen molar-refractivity contribution in [1.82, 2.24) is 4.98 Å². The van der Waals surface area contributed by atoms with E-state index in [1.165, 1.54) is 0 Å². The van der Waals surface area contributed by atoms with Gasteiger partial charge < -0.3 is 10.7 Å². The zero-order valence-corrected chi connectivity index (χ0v) is 9.27. The maximum Gasteiger partial charge on any atom is 0.142 e. The summed E-state index contributed by atoms with van der Waals surface area (Å²) in [6, 6.07) is 6.07. The molecule has 4 nitrogen and oxygen atoms in total. The topological polar surface area (TPSA) is 63.0 Å². The minimum absolute atomic E-state index is 0.408. The van der Waals surface area contributed by atoms with E-state index in [0.29, 0.717) is 11.9 Å². The Labute approximate surface area is 88.6 Å². The van der Waals surface area contributed by atoms with Crippen LogP contribution < -0.4 is 16.6 Å². The average molecular weight is 212 g/mol. The molecule has 1 unspecified atom stereocenters. The van der Waals surface area contributed by atoms with Crippen LogP contribution >= 0.6 is 11.8 Å². The summed E-state index contributed by atoms with van der Waals surface area (Å²) in [5, 5.41) is 3.29. The maximum absolute atomic E-state index is 5.26. The van der Waals surface area contributed by atoms with Crippen LogP contribution in [0.5, 0.6) is 0 Å². The highest BCUT2D eigenvalue weighted by atomic mass is 32.2. The fourth-order valence-corrected chi connectivity index (χ4v) is 1.72. The van der Waals surface area contributed by atoms with Crippen molar-refractivity contribution in [3.05, 3.63) is 18.2 Å². The molecule has 78 valence electrons. The Morgan fingerprint density at radius 1 is 1.50 bits per heavy atom. The number of rotatable bonds is 5. The number of hydrazine groups is 1. The molecule has 1 aromatic heterocycles. The lowest BCUT2D eigenvalue weighted by Gasteiger charge is -2.13. The van der Waals surface area contributed by atoms with Gasteiger partial charge in [0, 0.05) is 11.8 Å². The van der Waals surface area contributed by atoms with E-state index in [1.54, 1.807) is 0 Å². The van der Waals surface area contributed by atoms with E-state index in [4.69, 9.17) is 5.84 Å². The molecule has 0 saturated carbocycles. The van der Waals surface area contributed by atoms with Crippen molar-refractivity contribution >= 4 is 23.4 Å². The van der Waals surface area contributed by atoms with Crippen molar-refractivity contribution in [1.29, 1.82) is 0 Å². The monoisotopic (exact) mass is 212 g/mol. The van der Waals surface area contributed by atoms with E-state index in [-0.39, 0.29) is 0 Å². The molecule has 5 heteroatoms. The summed E-state index contributed by atoms with van der Waals surface area (Å²) in [5.74, 6) is 7.84. The van der Waals surface area contributed by atoms with Crippen LogP contribution in [0.1, 0.15) is 6.92 Å². The zero-order chi connectivity index (χ0) is 10.4. The van der Waals surface area contributed by atoms with Crippen LogP contribution in [0.15, 0.2) is 18.2 Å². The van der Waals surface area contributed by atoms with Gasteiger partial charge >= 0.3 is 0 Å². The molecular formula is C9H16N4S. The molecule has 0 bridgehead atoms. The van der Waals surface area contributed by atoms with E-state index in [9.17, 15) is 0 Å². The van der Waals surface area contributed by atoms with Crippen LogP contribution in [-0.4, -0.2) is 23.0 Å². The fraction of sp³-hybridized carbons (Fsp3) is 0.444. The van der Waals surface area contributed by atoms with E-state index in [2.05, 4.69) is 28.9 Å². The summed E-state index contributed by atoms with van der Waals surface area (Å²) in [5.41, 5.74) is 2.52. The lowest BCUT2D eigenvalue weighted by molar-refractivity contribution is 0.903. The normalized spacial score (nSPS) is 12.2. The first kappa shape index (κ1) is 11.1. The number of hydrogen-bond donors (Lipinski definition) is 3. The van der Waals surface area contributed by atoms with Crippen molar-refractivity contribution in [2.45, 2.75) is 13.0 Å². The molecule has 0 aliphatic rings. The van der Waals surface area contributed by atoms with E-state index in [1.807, 2.05) is 30.0 Å². The second-order valence-electron chi connectivity index (χ2n) is 3.05. The lowest BCUT2D eigenvalue weighted by Crippen LogP contribution is -2.19. The molecule has 0 amide bonds. The predicted molar refractivity (Wildman–Crippen MR) is 63.5 cm³/mol. The van der Waals surface area contributed by atoms with Gasteiger partial charge in [0.05, 0.1) is 0 Å². The molecule has 14 heavy (non-hydrogen) atoms. The van der Waals surface area contributed by atoms with Crippen LogP contribution in [-0.2, 0) is 0 Å². The Morgan fingerprint density at radius 2 is 2.21 bits per heavy atom. The molecule has 0 aliphatic carbocycles. The Kier molecular flexibility index (Phi) is 4.55. The molecule has 1 heterocycles. The SMILES string of the molecule is CSCC(C)Nc1cccc(NN)n1. The van der Waals surface area contributed by atoms with Crippen LogP contribution in [0.4, 0.5) is 11.6 Å². The summed E-state index contributed by atoms with van der Waals surface area (Å²) in [6.07, 6.45) is 2.09. The van der Waals surface area contributed by atoms with Gasteiger partial charge in [-0.3, -0.25) is 0 Å². The van der Waals surface area contributed by atoms with Crippen molar-refractivity contribution < 1.29 is 0 Å². The van der Waals surface area contributed by atoms with Gasteiger partial charge in [-0.05, 0) is 25.3 Å². The summed E-state index contributed by atoms with van der Waals surface area (Å²) in [7, 11) is 0. The van der Waals surface area contributed by atoms with Crippen LogP contribution in [0.2, 0.25) is 0 Å². The van der Waals surface area contributed by atoms with Crippen LogP contribution in [0, 0.1) is 0 Å². The third kappa shape index (κ3) is 3.43. The van der Waals surface area contributed by atoms with Crippen molar-refractivity contribution in [2.24, 2.45) is 5.84 Å². The lowest BCUT2D eigenvalue weighted by atomic mass is 10.3. The maximum atomic E-state index is 5.26. The molecule has 0 radical (unpaired) electrons. The first-order valence-corrected chi connectivity index (χ1v) is 5.84. The second kappa shape index (κ2) is 5.72. The Hall–Kier alpha value is -0.940. The first-order chi connectivity index (χ1) is 6.76. The number of nitrogens with zero attached hydrogens (tertiary/aromatic N) is 1. The highest BCUT2D eigenvalue weighted by Crippen LogP contribution is 2.10. The number of nitrogen functional groups attached to an aromatic ring is 1. The molecule has 4 N–H and O–H groups in total. The fourth-order valence-electron chi connectivity index (χ4n) is 1.14. The minimum atomic E-state index is 0.408. The van der Waals surface area contributed by atoms with Gasteiger partial charge in [-0.2, -0.15) is 11.8 Å². The van der Waals surface area contributed by atoms with Gasteiger partial charge in [0.15, 0.2) is 0 Å². The largest absolute Gasteiger partial charge is 0.367 e. The highest BCUT2D eigenvalue weighted by Gasteiger charge is 2.01. The molecule has 1 rings (SSSR count). The molecular weight excluding hydrogens is 196 g/mol. The van der Waals surface area contributed by atoms with E-state index < -0.39 is 0 Å². The van der Waals surface area contributed by atoms with Crippen LogP contribution in [0.3, 0.4) is 0 Å². The summed E-state index contributed by atoms with van der Waals surface area (Å²) in [4.78, 5) is 4.26. The quantitative estimate of drug-likeness (QED) is 0.510. The van der Waals surface area contributed by atoms with Crippen molar-refractivity contribution in [3.63, 3.8) is 0 Å². The van der Waals surface area contributed by atoms with Crippen molar-refractivity contribution in [2.75, 3.05) is 22.8 Å².